The fourth-order valence-electron chi connectivity index (χ4n) is 2.69. The first-order chi connectivity index (χ1) is 11.4. The van der Waals surface area contributed by atoms with Gasteiger partial charge in [0.05, 0.1) is 11.5 Å². The van der Waals surface area contributed by atoms with Gasteiger partial charge in [-0.05, 0) is 41.0 Å². The lowest BCUT2D eigenvalue weighted by molar-refractivity contribution is -0.135. The molecule has 0 saturated carbocycles. The van der Waals surface area contributed by atoms with Crippen molar-refractivity contribution >= 4 is 33.0 Å². The first-order valence-corrected chi connectivity index (χ1v) is 9.60. The molecule has 1 aliphatic rings. The minimum absolute atomic E-state index is 0.232. The zero-order valence-corrected chi connectivity index (χ0v) is 14.5. The van der Waals surface area contributed by atoms with E-state index in [1.165, 1.54) is 12.1 Å². The van der Waals surface area contributed by atoms with E-state index in [9.17, 15) is 13.2 Å². The second-order valence-electron chi connectivity index (χ2n) is 5.55. The highest BCUT2D eigenvalue weighted by atomic mass is 35.5. The average Bonchev–Trinajstić information content (AvgIpc) is 2.93. The minimum Gasteiger partial charge on any atom is -0.462 e. The summed E-state index contributed by atoms with van der Waals surface area (Å²) >= 11 is 6.09. The summed E-state index contributed by atoms with van der Waals surface area (Å²) in [6.07, 6.45) is 1.67. The SMILES string of the molecule is CS(=O)(=O)c1ccc(/C(=C2\CCOC2=O)c2cccc(Cl)c2)cc1. The molecule has 0 amide bonds. The van der Waals surface area contributed by atoms with Gasteiger partial charge in [0.15, 0.2) is 9.84 Å². The summed E-state index contributed by atoms with van der Waals surface area (Å²) in [6.45, 7) is 0.347. The lowest BCUT2D eigenvalue weighted by atomic mass is 9.92. The van der Waals surface area contributed by atoms with Gasteiger partial charge in [0.1, 0.15) is 0 Å². The van der Waals surface area contributed by atoms with E-state index in [2.05, 4.69) is 0 Å². The van der Waals surface area contributed by atoms with E-state index >= 15 is 0 Å². The first kappa shape index (κ1) is 16.7. The summed E-state index contributed by atoms with van der Waals surface area (Å²) < 4.78 is 28.3. The van der Waals surface area contributed by atoms with Gasteiger partial charge in [-0.2, -0.15) is 0 Å². The van der Waals surface area contributed by atoms with E-state index in [1.54, 1.807) is 24.3 Å². The molecule has 0 unspecified atom stereocenters. The normalized spacial score (nSPS) is 16.8. The molecule has 6 heteroatoms. The molecule has 2 aromatic rings. The van der Waals surface area contributed by atoms with Crippen LogP contribution in [0.4, 0.5) is 0 Å². The van der Waals surface area contributed by atoms with E-state index in [0.717, 1.165) is 23.0 Å². The molecule has 3 rings (SSSR count). The van der Waals surface area contributed by atoms with Crippen LogP contribution in [0.25, 0.3) is 5.57 Å². The molecule has 0 atom stereocenters. The molecule has 2 aromatic carbocycles. The lowest BCUT2D eigenvalue weighted by Gasteiger charge is -2.12. The van der Waals surface area contributed by atoms with Gasteiger partial charge in [0.25, 0.3) is 0 Å². The van der Waals surface area contributed by atoms with E-state index in [1.807, 2.05) is 12.1 Å². The van der Waals surface area contributed by atoms with Gasteiger partial charge in [-0.1, -0.05) is 35.9 Å². The van der Waals surface area contributed by atoms with E-state index in [0.29, 0.717) is 23.6 Å². The maximum absolute atomic E-state index is 12.1. The number of cyclic esters (lactones) is 1. The van der Waals surface area contributed by atoms with E-state index in [4.69, 9.17) is 16.3 Å². The van der Waals surface area contributed by atoms with Gasteiger partial charge in [0.2, 0.25) is 0 Å². The highest BCUT2D eigenvalue weighted by molar-refractivity contribution is 7.90. The zero-order chi connectivity index (χ0) is 17.3. The third-order valence-electron chi connectivity index (χ3n) is 3.82. The first-order valence-electron chi connectivity index (χ1n) is 7.33. The molecule has 24 heavy (non-hydrogen) atoms. The van der Waals surface area contributed by atoms with Crippen LogP contribution in [0.5, 0.6) is 0 Å². The molecule has 0 radical (unpaired) electrons. The molecule has 124 valence electrons. The highest BCUT2D eigenvalue weighted by Crippen LogP contribution is 2.33. The minimum atomic E-state index is -3.28. The van der Waals surface area contributed by atoms with Gasteiger partial charge < -0.3 is 4.74 Å². The molecule has 1 aliphatic heterocycles. The lowest BCUT2D eigenvalue weighted by Crippen LogP contribution is -2.02. The summed E-state index contributed by atoms with van der Waals surface area (Å²) in [6, 6.07) is 13.7. The number of hydrogen-bond donors (Lipinski definition) is 0. The number of hydrogen-bond acceptors (Lipinski definition) is 4. The number of sulfone groups is 1. The molecule has 0 N–H and O–H groups in total. The number of esters is 1. The standard InChI is InChI=1S/C18H15ClO4S/c1-24(21,22)15-7-5-12(6-8-15)17(16-9-10-23-18(16)20)13-3-2-4-14(19)11-13/h2-8,11H,9-10H2,1H3/b17-16-. The Morgan fingerprint density at radius 3 is 2.33 bits per heavy atom. The van der Waals surface area contributed by atoms with Crippen molar-refractivity contribution in [1.29, 1.82) is 0 Å². The van der Waals surface area contributed by atoms with Crippen LogP contribution in [0.1, 0.15) is 17.5 Å². The van der Waals surface area contributed by atoms with Crippen LogP contribution >= 0.6 is 11.6 Å². The summed E-state index contributed by atoms with van der Waals surface area (Å²) in [4.78, 5) is 12.3. The monoisotopic (exact) mass is 362 g/mol. The van der Waals surface area contributed by atoms with Crippen LogP contribution in [0, 0.1) is 0 Å². The van der Waals surface area contributed by atoms with Crippen molar-refractivity contribution in [3.05, 3.63) is 70.3 Å². The number of benzene rings is 2. The van der Waals surface area contributed by atoms with Crippen LogP contribution in [0.3, 0.4) is 0 Å². The van der Waals surface area contributed by atoms with Crippen molar-refractivity contribution in [2.24, 2.45) is 0 Å². The molecule has 0 bridgehead atoms. The third kappa shape index (κ3) is 3.37. The van der Waals surface area contributed by atoms with Crippen molar-refractivity contribution < 1.29 is 17.9 Å². The largest absolute Gasteiger partial charge is 0.462 e. The van der Waals surface area contributed by atoms with Crippen molar-refractivity contribution in [3.63, 3.8) is 0 Å². The molecular formula is C18H15ClO4S. The quantitative estimate of drug-likeness (QED) is 0.619. The van der Waals surface area contributed by atoms with Crippen LogP contribution in [-0.4, -0.2) is 27.2 Å². The zero-order valence-electron chi connectivity index (χ0n) is 13.0. The number of carbonyl (C=O) groups excluding carboxylic acids is 1. The van der Waals surface area contributed by atoms with Gasteiger partial charge in [0, 0.05) is 23.3 Å². The molecule has 1 fully saturated rings. The van der Waals surface area contributed by atoms with Crippen molar-refractivity contribution in [2.45, 2.75) is 11.3 Å². The molecule has 4 nitrogen and oxygen atoms in total. The number of rotatable bonds is 3. The van der Waals surface area contributed by atoms with Gasteiger partial charge in [-0.3, -0.25) is 0 Å². The number of ether oxygens (including phenoxy) is 1. The Balaban J connectivity index is 2.18. The van der Waals surface area contributed by atoms with E-state index in [-0.39, 0.29) is 10.9 Å². The molecule has 1 heterocycles. The van der Waals surface area contributed by atoms with Gasteiger partial charge >= 0.3 is 5.97 Å². The summed E-state index contributed by atoms with van der Waals surface area (Å²) in [5, 5.41) is 0.560. The Kier molecular flexibility index (Phi) is 4.47. The third-order valence-corrected chi connectivity index (χ3v) is 5.18. The molecule has 1 saturated heterocycles. The molecule has 0 spiro atoms. The Bertz CT molecular complexity index is 928. The maximum Gasteiger partial charge on any atom is 0.334 e. The molecule has 0 aliphatic carbocycles. The fourth-order valence-corrected chi connectivity index (χ4v) is 3.51. The van der Waals surface area contributed by atoms with E-state index < -0.39 is 9.84 Å². The van der Waals surface area contributed by atoms with Gasteiger partial charge in [-0.25, -0.2) is 13.2 Å². The van der Waals surface area contributed by atoms with Crippen molar-refractivity contribution in [2.75, 3.05) is 12.9 Å². The number of carbonyl (C=O) groups is 1. The highest BCUT2D eigenvalue weighted by Gasteiger charge is 2.25. The summed E-state index contributed by atoms with van der Waals surface area (Å²) in [5.74, 6) is -0.350. The van der Waals surface area contributed by atoms with Crippen molar-refractivity contribution in [1.82, 2.24) is 0 Å². The second kappa shape index (κ2) is 6.42. The maximum atomic E-state index is 12.1. The Hall–Kier alpha value is -2.11. The summed E-state index contributed by atoms with van der Waals surface area (Å²) in [5.41, 5.74) is 2.84. The van der Waals surface area contributed by atoms with Crippen LogP contribution in [0.2, 0.25) is 5.02 Å². The van der Waals surface area contributed by atoms with Crippen LogP contribution in [0.15, 0.2) is 59.0 Å². The predicted molar refractivity (Wildman–Crippen MR) is 92.6 cm³/mol. The molecule has 0 aromatic heterocycles. The van der Waals surface area contributed by atoms with Crippen LogP contribution < -0.4 is 0 Å². The predicted octanol–water partition coefficient (Wildman–Crippen LogP) is 3.49. The fraction of sp³-hybridized carbons (Fsp3) is 0.167. The average molecular weight is 363 g/mol. The topological polar surface area (TPSA) is 60.4 Å². The number of halogens is 1. The second-order valence-corrected chi connectivity index (χ2v) is 8.00. The Morgan fingerprint density at radius 2 is 1.79 bits per heavy atom. The Labute approximate surface area is 145 Å². The molecular weight excluding hydrogens is 348 g/mol. The van der Waals surface area contributed by atoms with Crippen molar-refractivity contribution in [3.8, 4) is 0 Å². The van der Waals surface area contributed by atoms with Crippen LogP contribution in [-0.2, 0) is 19.4 Å². The van der Waals surface area contributed by atoms with Gasteiger partial charge in [-0.15, -0.1) is 0 Å². The smallest absolute Gasteiger partial charge is 0.334 e. The summed E-state index contributed by atoms with van der Waals surface area (Å²) in [7, 11) is -3.28. The Morgan fingerprint density at radius 1 is 1.08 bits per heavy atom.